The Labute approximate surface area is 171 Å². The second-order valence-electron chi connectivity index (χ2n) is 7.95. The largest absolute Gasteiger partial charge is 0.478 e. The van der Waals surface area contributed by atoms with Crippen molar-refractivity contribution in [2.45, 2.75) is 38.7 Å². The Morgan fingerprint density at radius 3 is 2.07 bits per heavy atom. The van der Waals surface area contributed by atoms with Gasteiger partial charge in [-0.25, -0.2) is 4.79 Å². The van der Waals surface area contributed by atoms with Crippen LogP contribution in [0.5, 0.6) is 17.2 Å². The minimum atomic E-state index is -0.988. The van der Waals surface area contributed by atoms with E-state index in [-0.39, 0.29) is 11.8 Å². The van der Waals surface area contributed by atoms with Gasteiger partial charge >= 0.3 is 5.97 Å². The van der Waals surface area contributed by atoms with Crippen LogP contribution in [0, 0.1) is 0 Å². The maximum Gasteiger partial charge on any atom is 0.345 e. The first-order chi connectivity index (χ1) is 13.8. The molecule has 0 bridgehead atoms. The number of aliphatic carboxylic acids is 1. The summed E-state index contributed by atoms with van der Waals surface area (Å²) in [5, 5.41) is 9.69. The molecule has 0 saturated carbocycles. The van der Waals surface area contributed by atoms with E-state index in [0.717, 1.165) is 16.9 Å². The Bertz CT molecular complexity index is 941. The summed E-state index contributed by atoms with van der Waals surface area (Å²) in [6, 6.07) is 24.5. The number of hydrogen-bond donors (Lipinski definition) is 1. The molecule has 0 aromatic heterocycles. The number of ether oxygens (including phenoxy) is 2. The fourth-order valence-corrected chi connectivity index (χ4v) is 3.05. The molecule has 0 aliphatic carbocycles. The van der Waals surface area contributed by atoms with E-state index < -0.39 is 12.1 Å². The molecule has 3 aromatic carbocycles. The molecule has 4 heteroatoms. The summed E-state index contributed by atoms with van der Waals surface area (Å²) < 4.78 is 11.7. The Morgan fingerprint density at radius 2 is 1.45 bits per heavy atom. The fourth-order valence-electron chi connectivity index (χ4n) is 3.05. The molecule has 3 rings (SSSR count). The van der Waals surface area contributed by atoms with Gasteiger partial charge in [-0.15, -0.1) is 0 Å². The van der Waals surface area contributed by atoms with Crippen LogP contribution in [-0.4, -0.2) is 17.2 Å². The van der Waals surface area contributed by atoms with Crippen LogP contribution in [0.15, 0.2) is 78.9 Å². The lowest BCUT2D eigenvalue weighted by molar-refractivity contribution is -0.145. The van der Waals surface area contributed by atoms with Crippen LogP contribution in [0.25, 0.3) is 0 Å². The van der Waals surface area contributed by atoms with Crippen LogP contribution < -0.4 is 9.47 Å². The van der Waals surface area contributed by atoms with E-state index >= 15 is 0 Å². The highest BCUT2D eigenvalue weighted by atomic mass is 16.5. The van der Waals surface area contributed by atoms with E-state index in [1.807, 2.05) is 78.9 Å². The molecule has 0 aliphatic heterocycles. The number of rotatable bonds is 7. The van der Waals surface area contributed by atoms with Gasteiger partial charge < -0.3 is 14.6 Å². The van der Waals surface area contributed by atoms with Crippen LogP contribution in [0.2, 0.25) is 0 Å². The molecule has 0 aliphatic rings. The zero-order valence-corrected chi connectivity index (χ0v) is 17.0. The first-order valence-corrected chi connectivity index (χ1v) is 9.64. The maximum absolute atomic E-state index is 11.8. The molecular weight excluding hydrogens is 364 g/mol. The van der Waals surface area contributed by atoms with E-state index in [4.69, 9.17) is 9.47 Å². The third-order valence-corrected chi connectivity index (χ3v) is 4.56. The number of carboxylic acid groups (broad SMARTS) is 1. The Hall–Kier alpha value is -3.27. The standard InChI is InChI=1S/C25H26O4/c1-25(2,3)21-11-7-8-12-22(21)29-23(24(26)27)17-18-13-15-20(16-14-18)28-19-9-5-4-6-10-19/h4-16,23H,17H2,1-3H3,(H,26,27)/t23-/m0/s1. The van der Waals surface area contributed by atoms with E-state index in [9.17, 15) is 9.90 Å². The molecule has 29 heavy (non-hydrogen) atoms. The lowest BCUT2D eigenvalue weighted by Gasteiger charge is -2.24. The van der Waals surface area contributed by atoms with Gasteiger partial charge in [0.2, 0.25) is 0 Å². The molecule has 0 heterocycles. The van der Waals surface area contributed by atoms with Crippen molar-refractivity contribution < 1.29 is 19.4 Å². The average Bonchev–Trinajstić information content (AvgIpc) is 2.69. The monoisotopic (exact) mass is 390 g/mol. The third kappa shape index (κ3) is 5.61. The van der Waals surface area contributed by atoms with Gasteiger partial charge in [0, 0.05) is 6.42 Å². The maximum atomic E-state index is 11.8. The summed E-state index contributed by atoms with van der Waals surface area (Å²) in [5.74, 6) is 1.08. The average molecular weight is 390 g/mol. The van der Waals surface area contributed by atoms with Gasteiger partial charge in [0.1, 0.15) is 17.2 Å². The lowest BCUT2D eigenvalue weighted by atomic mass is 9.86. The summed E-state index contributed by atoms with van der Waals surface area (Å²) in [4.78, 5) is 11.8. The summed E-state index contributed by atoms with van der Waals surface area (Å²) in [5.41, 5.74) is 1.71. The number of hydrogen-bond acceptors (Lipinski definition) is 3. The number of benzene rings is 3. The SMILES string of the molecule is CC(C)(C)c1ccccc1O[C@@H](Cc1ccc(Oc2ccccc2)cc1)C(=O)O. The molecule has 1 N–H and O–H groups in total. The second-order valence-corrected chi connectivity index (χ2v) is 7.95. The smallest absolute Gasteiger partial charge is 0.345 e. The van der Waals surface area contributed by atoms with Gasteiger partial charge in [0.15, 0.2) is 6.10 Å². The Balaban J connectivity index is 1.72. The van der Waals surface area contributed by atoms with E-state index in [0.29, 0.717) is 11.5 Å². The van der Waals surface area contributed by atoms with Crippen LogP contribution in [0.3, 0.4) is 0 Å². The molecule has 0 amide bonds. The summed E-state index contributed by atoms with van der Waals surface area (Å²) in [6.45, 7) is 6.24. The van der Waals surface area contributed by atoms with E-state index in [1.165, 1.54) is 0 Å². The fraction of sp³-hybridized carbons (Fsp3) is 0.240. The van der Waals surface area contributed by atoms with Gasteiger partial charge in [-0.3, -0.25) is 0 Å². The minimum Gasteiger partial charge on any atom is -0.478 e. The number of carboxylic acids is 1. The van der Waals surface area contributed by atoms with Gasteiger partial charge in [0.25, 0.3) is 0 Å². The predicted molar refractivity (Wildman–Crippen MR) is 114 cm³/mol. The first-order valence-electron chi connectivity index (χ1n) is 9.64. The van der Waals surface area contributed by atoms with Crippen LogP contribution in [-0.2, 0) is 16.6 Å². The van der Waals surface area contributed by atoms with Gasteiger partial charge in [0.05, 0.1) is 0 Å². The first kappa shape index (κ1) is 20.5. The highest BCUT2D eigenvalue weighted by Gasteiger charge is 2.24. The molecule has 0 saturated heterocycles. The highest BCUT2D eigenvalue weighted by molar-refractivity contribution is 5.73. The molecule has 0 unspecified atom stereocenters. The quantitative estimate of drug-likeness (QED) is 0.550. The van der Waals surface area contributed by atoms with Crippen LogP contribution in [0.1, 0.15) is 31.9 Å². The zero-order valence-electron chi connectivity index (χ0n) is 17.0. The van der Waals surface area contributed by atoms with Crippen LogP contribution >= 0.6 is 0 Å². The minimum absolute atomic E-state index is 0.143. The van der Waals surface area contributed by atoms with Crippen molar-refractivity contribution in [2.75, 3.05) is 0 Å². The Morgan fingerprint density at radius 1 is 0.862 bits per heavy atom. The summed E-state index contributed by atoms with van der Waals surface area (Å²) in [7, 11) is 0. The number of carbonyl (C=O) groups is 1. The van der Waals surface area contributed by atoms with E-state index in [2.05, 4.69) is 20.8 Å². The molecule has 1 atom stereocenters. The molecule has 4 nitrogen and oxygen atoms in total. The normalized spacial score (nSPS) is 12.2. The van der Waals surface area contributed by atoms with Crippen molar-refractivity contribution in [3.8, 4) is 17.2 Å². The van der Waals surface area contributed by atoms with Crippen molar-refractivity contribution in [3.63, 3.8) is 0 Å². The second kappa shape index (κ2) is 8.82. The summed E-state index contributed by atoms with van der Waals surface area (Å²) in [6.07, 6.45) is -0.709. The van der Waals surface area contributed by atoms with Crippen molar-refractivity contribution >= 4 is 5.97 Å². The number of para-hydroxylation sites is 2. The predicted octanol–water partition coefficient (Wildman–Crippen LogP) is 5.85. The van der Waals surface area contributed by atoms with Crippen molar-refractivity contribution in [3.05, 3.63) is 90.0 Å². The van der Waals surface area contributed by atoms with E-state index in [1.54, 1.807) is 0 Å². The highest BCUT2D eigenvalue weighted by Crippen LogP contribution is 2.32. The van der Waals surface area contributed by atoms with Gasteiger partial charge in [-0.1, -0.05) is 69.3 Å². The lowest BCUT2D eigenvalue weighted by Crippen LogP contribution is -2.30. The summed E-state index contributed by atoms with van der Waals surface area (Å²) >= 11 is 0. The van der Waals surface area contributed by atoms with Crippen molar-refractivity contribution in [2.24, 2.45) is 0 Å². The molecule has 0 fully saturated rings. The van der Waals surface area contributed by atoms with Crippen molar-refractivity contribution in [1.29, 1.82) is 0 Å². The topological polar surface area (TPSA) is 55.8 Å². The van der Waals surface area contributed by atoms with Gasteiger partial charge in [-0.05, 0) is 46.9 Å². The molecule has 0 spiro atoms. The molecule has 3 aromatic rings. The molecule has 150 valence electrons. The Kier molecular flexibility index (Phi) is 6.23. The third-order valence-electron chi connectivity index (χ3n) is 4.56. The van der Waals surface area contributed by atoms with Crippen LogP contribution in [0.4, 0.5) is 0 Å². The molecule has 0 radical (unpaired) electrons. The molecular formula is C25H26O4. The van der Waals surface area contributed by atoms with Gasteiger partial charge in [-0.2, -0.15) is 0 Å². The zero-order chi connectivity index (χ0) is 20.9. The van der Waals surface area contributed by atoms with Crippen molar-refractivity contribution in [1.82, 2.24) is 0 Å².